The molecule has 1 aromatic rings. The molecule has 0 fully saturated rings. The summed E-state index contributed by atoms with van der Waals surface area (Å²) in [5.41, 5.74) is 1.24. The molecule has 1 aromatic heterocycles. The minimum atomic E-state index is -0.00452. The maximum Gasteiger partial charge on any atom is 0.0965 e. The highest BCUT2D eigenvalue weighted by Gasteiger charge is 2.19. The van der Waals surface area contributed by atoms with Gasteiger partial charge in [-0.15, -0.1) is 5.10 Å². The normalized spacial score (nSPS) is 13.3. The summed E-state index contributed by atoms with van der Waals surface area (Å²) in [6, 6.07) is 0. The predicted octanol–water partition coefficient (Wildman–Crippen LogP) is 1.71. The fraction of sp³-hybridized carbons (Fsp3) is 0.857. The smallest absolute Gasteiger partial charge is 0.0965 e. The van der Waals surface area contributed by atoms with Crippen molar-refractivity contribution >= 4 is 0 Å². The predicted molar refractivity (Wildman–Crippen MR) is 79.1 cm³/mol. The Labute approximate surface area is 117 Å². The van der Waals surface area contributed by atoms with Crippen LogP contribution in [-0.4, -0.2) is 47.1 Å². The largest absolute Gasteiger partial charge is 0.310 e. The van der Waals surface area contributed by atoms with Gasteiger partial charge in [0.15, 0.2) is 0 Å². The summed E-state index contributed by atoms with van der Waals surface area (Å²) in [6.45, 7) is 13.7. The van der Waals surface area contributed by atoms with E-state index in [4.69, 9.17) is 0 Å². The SMILES string of the molecule is CN(C)CC(C)(C)CNCc1cn(C(C)(C)C)nn1. The third-order valence-electron chi connectivity index (χ3n) is 2.88. The van der Waals surface area contributed by atoms with Gasteiger partial charge in [0, 0.05) is 19.6 Å². The molecule has 110 valence electrons. The Bertz CT molecular complexity index is 387. The Balaban J connectivity index is 2.43. The van der Waals surface area contributed by atoms with Gasteiger partial charge in [0.1, 0.15) is 0 Å². The van der Waals surface area contributed by atoms with Crippen molar-refractivity contribution in [3.8, 4) is 0 Å². The highest BCUT2D eigenvalue weighted by atomic mass is 15.4. The molecule has 19 heavy (non-hydrogen) atoms. The van der Waals surface area contributed by atoms with E-state index in [2.05, 4.69) is 69.2 Å². The summed E-state index contributed by atoms with van der Waals surface area (Å²) in [7, 11) is 4.22. The quantitative estimate of drug-likeness (QED) is 0.852. The highest BCUT2D eigenvalue weighted by molar-refractivity contribution is 4.94. The Hall–Kier alpha value is -0.940. The molecule has 1 rings (SSSR count). The van der Waals surface area contributed by atoms with Crippen molar-refractivity contribution in [3.05, 3.63) is 11.9 Å². The van der Waals surface area contributed by atoms with Crippen molar-refractivity contribution in [3.63, 3.8) is 0 Å². The number of aromatic nitrogens is 3. The fourth-order valence-corrected chi connectivity index (χ4v) is 2.15. The number of hydrogen-bond acceptors (Lipinski definition) is 4. The van der Waals surface area contributed by atoms with Gasteiger partial charge in [-0.25, -0.2) is 4.68 Å². The molecule has 0 aliphatic heterocycles. The van der Waals surface area contributed by atoms with Gasteiger partial charge in [-0.05, 0) is 40.3 Å². The molecule has 5 nitrogen and oxygen atoms in total. The maximum atomic E-state index is 4.20. The molecule has 0 aromatic carbocycles. The van der Waals surface area contributed by atoms with Crippen LogP contribution in [-0.2, 0) is 12.1 Å². The van der Waals surface area contributed by atoms with E-state index in [1.54, 1.807) is 0 Å². The molecule has 0 aliphatic carbocycles. The van der Waals surface area contributed by atoms with E-state index in [0.717, 1.165) is 25.3 Å². The van der Waals surface area contributed by atoms with E-state index in [1.165, 1.54) is 0 Å². The second kappa shape index (κ2) is 6.01. The molecule has 1 N–H and O–H groups in total. The van der Waals surface area contributed by atoms with E-state index in [-0.39, 0.29) is 11.0 Å². The second-order valence-corrected chi connectivity index (χ2v) is 7.33. The summed E-state index contributed by atoms with van der Waals surface area (Å²) < 4.78 is 1.91. The van der Waals surface area contributed by atoms with Gasteiger partial charge in [0.2, 0.25) is 0 Å². The highest BCUT2D eigenvalue weighted by Crippen LogP contribution is 2.15. The molecule has 1 heterocycles. The van der Waals surface area contributed by atoms with Crippen LogP contribution in [0.4, 0.5) is 0 Å². The molecule has 5 heteroatoms. The van der Waals surface area contributed by atoms with Crippen LogP contribution < -0.4 is 5.32 Å². The van der Waals surface area contributed by atoms with Crippen LogP contribution in [0.25, 0.3) is 0 Å². The first-order valence-electron chi connectivity index (χ1n) is 6.87. The van der Waals surface area contributed by atoms with Crippen LogP contribution in [0, 0.1) is 5.41 Å². The average molecular weight is 267 g/mol. The van der Waals surface area contributed by atoms with Gasteiger partial charge in [-0.1, -0.05) is 19.1 Å². The molecule has 0 saturated carbocycles. The van der Waals surface area contributed by atoms with Crippen molar-refractivity contribution < 1.29 is 0 Å². The molecule has 0 unspecified atom stereocenters. The van der Waals surface area contributed by atoms with Crippen molar-refractivity contribution in [1.29, 1.82) is 0 Å². The first kappa shape index (κ1) is 16.1. The zero-order valence-electron chi connectivity index (χ0n) is 13.5. The van der Waals surface area contributed by atoms with Gasteiger partial charge >= 0.3 is 0 Å². The molecule has 0 bridgehead atoms. The lowest BCUT2D eigenvalue weighted by molar-refractivity contribution is 0.232. The van der Waals surface area contributed by atoms with Crippen molar-refractivity contribution in [2.45, 2.75) is 46.7 Å². The summed E-state index contributed by atoms with van der Waals surface area (Å²) in [6.07, 6.45) is 2.02. The van der Waals surface area contributed by atoms with Gasteiger partial charge in [-0.2, -0.15) is 0 Å². The van der Waals surface area contributed by atoms with Crippen molar-refractivity contribution in [2.24, 2.45) is 5.41 Å². The minimum absolute atomic E-state index is 0.00452. The molecule has 0 saturated heterocycles. The lowest BCUT2D eigenvalue weighted by Crippen LogP contribution is -2.37. The molecule has 0 aliphatic rings. The van der Waals surface area contributed by atoms with Gasteiger partial charge in [0.05, 0.1) is 17.4 Å². The molecular formula is C14H29N5. The first-order chi connectivity index (χ1) is 8.60. The van der Waals surface area contributed by atoms with Crippen molar-refractivity contribution in [2.75, 3.05) is 27.2 Å². The topological polar surface area (TPSA) is 46.0 Å². The summed E-state index contributed by atoms with van der Waals surface area (Å²) >= 11 is 0. The van der Waals surface area contributed by atoms with Crippen LogP contribution >= 0.6 is 0 Å². The zero-order valence-corrected chi connectivity index (χ0v) is 13.5. The fourth-order valence-electron chi connectivity index (χ4n) is 2.15. The van der Waals surface area contributed by atoms with E-state index >= 15 is 0 Å². The molecule has 0 atom stereocenters. The number of nitrogens with one attached hydrogen (secondary N) is 1. The third kappa shape index (κ3) is 5.70. The van der Waals surface area contributed by atoms with Crippen LogP contribution in [0.2, 0.25) is 0 Å². The number of rotatable bonds is 6. The van der Waals surface area contributed by atoms with Gasteiger partial charge in [-0.3, -0.25) is 0 Å². The Morgan fingerprint density at radius 1 is 1.21 bits per heavy atom. The van der Waals surface area contributed by atoms with Crippen LogP contribution in [0.5, 0.6) is 0 Å². The zero-order chi connectivity index (χ0) is 14.7. The summed E-state index contributed by atoms with van der Waals surface area (Å²) in [5, 5.41) is 11.8. The maximum absolute atomic E-state index is 4.20. The summed E-state index contributed by atoms with van der Waals surface area (Å²) in [4.78, 5) is 2.22. The van der Waals surface area contributed by atoms with Gasteiger partial charge < -0.3 is 10.2 Å². The monoisotopic (exact) mass is 267 g/mol. The van der Waals surface area contributed by atoms with Crippen LogP contribution in [0.1, 0.15) is 40.3 Å². The molecular weight excluding hydrogens is 238 g/mol. The molecule has 0 amide bonds. The third-order valence-corrected chi connectivity index (χ3v) is 2.88. The average Bonchev–Trinajstić information content (AvgIpc) is 2.62. The lowest BCUT2D eigenvalue weighted by atomic mass is 9.93. The second-order valence-electron chi connectivity index (χ2n) is 7.33. The number of hydrogen-bond donors (Lipinski definition) is 1. The van der Waals surface area contributed by atoms with Gasteiger partial charge in [0.25, 0.3) is 0 Å². The van der Waals surface area contributed by atoms with E-state index < -0.39 is 0 Å². The standard InChI is InChI=1S/C14H29N5/c1-13(2,3)19-9-12(16-17-19)8-15-10-14(4,5)11-18(6)7/h9,15H,8,10-11H2,1-7H3. The molecule has 0 spiro atoms. The van der Waals surface area contributed by atoms with Crippen LogP contribution in [0.15, 0.2) is 6.20 Å². The Morgan fingerprint density at radius 2 is 1.84 bits per heavy atom. The van der Waals surface area contributed by atoms with E-state index in [1.807, 2.05) is 10.9 Å². The van der Waals surface area contributed by atoms with E-state index in [0.29, 0.717) is 0 Å². The first-order valence-corrected chi connectivity index (χ1v) is 6.87. The van der Waals surface area contributed by atoms with Crippen LogP contribution in [0.3, 0.4) is 0 Å². The lowest BCUT2D eigenvalue weighted by Gasteiger charge is -2.28. The molecule has 0 radical (unpaired) electrons. The van der Waals surface area contributed by atoms with E-state index in [9.17, 15) is 0 Å². The Morgan fingerprint density at radius 3 is 2.32 bits per heavy atom. The number of nitrogens with zero attached hydrogens (tertiary/aromatic N) is 4. The Kier molecular flexibility index (Phi) is 5.10. The minimum Gasteiger partial charge on any atom is -0.310 e. The summed E-state index contributed by atoms with van der Waals surface area (Å²) in [5.74, 6) is 0. The van der Waals surface area contributed by atoms with Crippen molar-refractivity contribution in [1.82, 2.24) is 25.2 Å².